The highest BCUT2D eigenvalue weighted by Gasteiger charge is 2.34. The van der Waals surface area contributed by atoms with E-state index in [0.717, 1.165) is 39.0 Å². The van der Waals surface area contributed by atoms with E-state index in [1.807, 2.05) is 0 Å². The molecule has 4 heteroatoms. The first-order chi connectivity index (χ1) is 8.83. The smallest absolute Gasteiger partial charge is 0.317 e. The second-order valence-electron chi connectivity index (χ2n) is 5.59. The Kier molecular flexibility index (Phi) is 5.29. The number of amides is 2. The average molecular weight is 253 g/mol. The molecule has 2 aliphatic rings. The SMILES string of the molecule is CCCCNC(=O)N1CCCC1C1CCCNC1. The number of piperidine rings is 1. The van der Waals surface area contributed by atoms with Gasteiger partial charge in [0, 0.05) is 19.1 Å². The summed E-state index contributed by atoms with van der Waals surface area (Å²) in [6.45, 7) is 6.15. The predicted molar refractivity (Wildman–Crippen MR) is 73.6 cm³/mol. The summed E-state index contributed by atoms with van der Waals surface area (Å²) in [5, 5.41) is 6.53. The fourth-order valence-electron chi connectivity index (χ4n) is 3.22. The molecule has 0 aromatic heterocycles. The highest BCUT2D eigenvalue weighted by Crippen LogP contribution is 2.28. The molecule has 0 aliphatic carbocycles. The Bertz CT molecular complexity index is 264. The molecule has 2 saturated heterocycles. The zero-order valence-electron chi connectivity index (χ0n) is 11.6. The Morgan fingerprint density at radius 3 is 3.00 bits per heavy atom. The largest absolute Gasteiger partial charge is 0.338 e. The van der Waals surface area contributed by atoms with Crippen molar-refractivity contribution in [2.24, 2.45) is 5.92 Å². The van der Waals surface area contributed by atoms with E-state index < -0.39 is 0 Å². The Morgan fingerprint density at radius 1 is 1.39 bits per heavy atom. The van der Waals surface area contributed by atoms with Gasteiger partial charge in [-0.05, 0) is 51.1 Å². The highest BCUT2D eigenvalue weighted by atomic mass is 16.2. The van der Waals surface area contributed by atoms with Crippen LogP contribution in [0.15, 0.2) is 0 Å². The first kappa shape index (κ1) is 13.7. The number of rotatable bonds is 4. The minimum absolute atomic E-state index is 0.163. The first-order valence-corrected chi connectivity index (χ1v) is 7.58. The van der Waals surface area contributed by atoms with Crippen molar-refractivity contribution in [3.8, 4) is 0 Å². The lowest BCUT2D eigenvalue weighted by Gasteiger charge is -2.34. The lowest BCUT2D eigenvalue weighted by Crippen LogP contribution is -2.49. The van der Waals surface area contributed by atoms with E-state index in [1.165, 1.54) is 25.7 Å². The third kappa shape index (κ3) is 3.37. The molecule has 0 radical (unpaired) electrons. The quantitative estimate of drug-likeness (QED) is 0.752. The van der Waals surface area contributed by atoms with Gasteiger partial charge >= 0.3 is 6.03 Å². The van der Waals surface area contributed by atoms with Crippen molar-refractivity contribution < 1.29 is 4.79 Å². The molecule has 104 valence electrons. The Morgan fingerprint density at radius 2 is 2.28 bits per heavy atom. The topological polar surface area (TPSA) is 44.4 Å². The normalized spacial score (nSPS) is 28.4. The first-order valence-electron chi connectivity index (χ1n) is 7.58. The lowest BCUT2D eigenvalue weighted by molar-refractivity contribution is 0.161. The van der Waals surface area contributed by atoms with E-state index >= 15 is 0 Å². The van der Waals surface area contributed by atoms with Crippen LogP contribution in [0, 0.1) is 5.92 Å². The Labute approximate surface area is 110 Å². The van der Waals surface area contributed by atoms with Crippen LogP contribution >= 0.6 is 0 Å². The number of carbonyl (C=O) groups excluding carboxylic acids is 1. The molecule has 2 fully saturated rings. The zero-order chi connectivity index (χ0) is 12.8. The zero-order valence-corrected chi connectivity index (χ0v) is 11.6. The maximum Gasteiger partial charge on any atom is 0.317 e. The molecular weight excluding hydrogens is 226 g/mol. The number of urea groups is 1. The van der Waals surface area contributed by atoms with Crippen LogP contribution in [0.25, 0.3) is 0 Å². The summed E-state index contributed by atoms with van der Waals surface area (Å²) in [4.78, 5) is 14.3. The molecule has 0 aromatic carbocycles. The van der Waals surface area contributed by atoms with Crippen molar-refractivity contribution in [1.29, 1.82) is 0 Å². The molecule has 0 spiro atoms. The molecule has 4 nitrogen and oxygen atoms in total. The number of hydrogen-bond donors (Lipinski definition) is 2. The van der Waals surface area contributed by atoms with Crippen molar-refractivity contribution in [2.75, 3.05) is 26.2 Å². The molecule has 2 amide bonds. The summed E-state index contributed by atoms with van der Waals surface area (Å²) in [5.74, 6) is 0.665. The van der Waals surface area contributed by atoms with Crippen molar-refractivity contribution in [3.05, 3.63) is 0 Å². The van der Waals surface area contributed by atoms with Gasteiger partial charge < -0.3 is 15.5 Å². The molecule has 18 heavy (non-hydrogen) atoms. The number of nitrogens with zero attached hydrogens (tertiary/aromatic N) is 1. The number of carbonyl (C=O) groups is 1. The third-order valence-electron chi connectivity index (χ3n) is 4.25. The molecule has 2 atom stereocenters. The van der Waals surface area contributed by atoms with E-state index in [1.54, 1.807) is 0 Å². The van der Waals surface area contributed by atoms with Crippen molar-refractivity contribution in [3.63, 3.8) is 0 Å². The fraction of sp³-hybridized carbons (Fsp3) is 0.929. The van der Waals surface area contributed by atoms with Crippen LogP contribution in [0.5, 0.6) is 0 Å². The minimum Gasteiger partial charge on any atom is -0.338 e. The van der Waals surface area contributed by atoms with Gasteiger partial charge in [-0.3, -0.25) is 0 Å². The summed E-state index contributed by atoms with van der Waals surface area (Å²) in [6, 6.07) is 0.635. The van der Waals surface area contributed by atoms with Crippen LogP contribution in [0.3, 0.4) is 0 Å². The van der Waals surface area contributed by atoms with Crippen LogP contribution in [0.2, 0.25) is 0 Å². The molecular formula is C14H27N3O. The van der Waals surface area contributed by atoms with Gasteiger partial charge in [0.05, 0.1) is 0 Å². The monoisotopic (exact) mass is 253 g/mol. The Balaban J connectivity index is 1.84. The standard InChI is InChI=1S/C14H27N3O/c1-2-3-9-16-14(18)17-10-5-7-13(17)12-6-4-8-15-11-12/h12-13,15H,2-11H2,1H3,(H,16,18). The third-order valence-corrected chi connectivity index (χ3v) is 4.25. The summed E-state index contributed by atoms with van der Waals surface area (Å²) in [6.07, 6.45) is 7.10. The molecule has 0 bridgehead atoms. The van der Waals surface area contributed by atoms with E-state index in [4.69, 9.17) is 0 Å². The van der Waals surface area contributed by atoms with Crippen molar-refractivity contribution in [1.82, 2.24) is 15.5 Å². The van der Waals surface area contributed by atoms with Gasteiger partial charge in [0.1, 0.15) is 0 Å². The number of unbranched alkanes of at least 4 members (excludes halogenated alkanes) is 1. The number of hydrogen-bond acceptors (Lipinski definition) is 2. The Hall–Kier alpha value is -0.770. The maximum atomic E-state index is 12.2. The summed E-state index contributed by atoms with van der Waals surface area (Å²) < 4.78 is 0. The second kappa shape index (κ2) is 6.98. The fourth-order valence-corrected chi connectivity index (χ4v) is 3.22. The second-order valence-corrected chi connectivity index (χ2v) is 5.59. The van der Waals surface area contributed by atoms with E-state index in [2.05, 4.69) is 22.5 Å². The lowest BCUT2D eigenvalue weighted by atomic mass is 9.90. The molecule has 2 heterocycles. The number of nitrogens with one attached hydrogen (secondary N) is 2. The summed E-state index contributed by atoms with van der Waals surface area (Å²) in [5.41, 5.74) is 0. The summed E-state index contributed by atoms with van der Waals surface area (Å²) >= 11 is 0. The van der Waals surface area contributed by atoms with Crippen LogP contribution in [-0.2, 0) is 0 Å². The molecule has 2 aliphatic heterocycles. The predicted octanol–water partition coefficient (Wildman–Crippen LogP) is 1.96. The summed E-state index contributed by atoms with van der Waals surface area (Å²) in [7, 11) is 0. The number of likely N-dealkylation sites (tertiary alicyclic amines) is 1. The van der Waals surface area contributed by atoms with Gasteiger partial charge in [0.25, 0.3) is 0 Å². The van der Waals surface area contributed by atoms with Crippen LogP contribution in [0.4, 0.5) is 4.79 Å². The van der Waals surface area contributed by atoms with Gasteiger partial charge in [-0.2, -0.15) is 0 Å². The molecule has 0 saturated carbocycles. The van der Waals surface area contributed by atoms with Crippen LogP contribution in [-0.4, -0.2) is 43.2 Å². The van der Waals surface area contributed by atoms with Gasteiger partial charge in [0.15, 0.2) is 0 Å². The highest BCUT2D eigenvalue weighted by molar-refractivity contribution is 5.74. The van der Waals surface area contributed by atoms with E-state index in [-0.39, 0.29) is 6.03 Å². The van der Waals surface area contributed by atoms with Crippen LogP contribution < -0.4 is 10.6 Å². The van der Waals surface area contributed by atoms with Gasteiger partial charge in [-0.15, -0.1) is 0 Å². The average Bonchev–Trinajstić information content (AvgIpc) is 2.89. The molecule has 2 rings (SSSR count). The van der Waals surface area contributed by atoms with Gasteiger partial charge in [-0.25, -0.2) is 4.79 Å². The minimum atomic E-state index is 0.163. The van der Waals surface area contributed by atoms with Crippen molar-refractivity contribution in [2.45, 2.75) is 51.5 Å². The van der Waals surface area contributed by atoms with Gasteiger partial charge in [0.2, 0.25) is 0 Å². The molecule has 2 unspecified atom stereocenters. The van der Waals surface area contributed by atoms with E-state index in [9.17, 15) is 4.79 Å². The van der Waals surface area contributed by atoms with Crippen molar-refractivity contribution >= 4 is 6.03 Å². The molecule has 0 aromatic rings. The van der Waals surface area contributed by atoms with E-state index in [0.29, 0.717) is 12.0 Å². The molecule has 2 N–H and O–H groups in total. The van der Waals surface area contributed by atoms with Gasteiger partial charge in [-0.1, -0.05) is 13.3 Å². The maximum absolute atomic E-state index is 12.2. The van der Waals surface area contributed by atoms with Crippen LogP contribution in [0.1, 0.15) is 45.4 Å².